The van der Waals surface area contributed by atoms with Gasteiger partial charge in [-0.3, -0.25) is 0 Å². The van der Waals surface area contributed by atoms with Gasteiger partial charge < -0.3 is 15.2 Å². The van der Waals surface area contributed by atoms with Gasteiger partial charge in [-0.25, -0.2) is 0 Å². The molecule has 1 heterocycles. The van der Waals surface area contributed by atoms with Gasteiger partial charge in [-0.15, -0.1) is 0 Å². The summed E-state index contributed by atoms with van der Waals surface area (Å²) in [7, 11) is 0. The number of hydrogen-bond donors (Lipinski definition) is 3. The van der Waals surface area contributed by atoms with E-state index in [9.17, 15) is 5.11 Å². The Kier molecular flexibility index (Phi) is 2.04. The van der Waals surface area contributed by atoms with Crippen LogP contribution >= 0.6 is 0 Å². The lowest BCUT2D eigenvalue weighted by molar-refractivity contribution is 0.387. The molecule has 0 fully saturated rings. The van der Waals surface area contributed by atoms with E-state index in [2.05, 4.69) is 4.98 Å². The van der Waals surface area contributed by atoms with Crippen molar-refractivity contribution in [2.75, 3.05) is 0 Å². The molecule has 12 heavy (non-hydrogen) atoms. The van der Waals surface area contributed by atoms with Gasteiger partial charge in [-0.1, -0.05) is 20.8 Å². The van der Waals surface area contributed by atoms with Crippen LogP contribution in [0.3, 0.4) is 0 Å². The van der Waals surface area contributed by atoms with E-state index in [1.165, 1.54) is 6.20 Å². The third-order valence-electron chi connectivity index (χ3n) is 2.39. The maximum absolute atomic E-state index is 9.42. The molecule has 3 N–H and O–H groups in total. The van der Waals surface area contributed by atoms with Gasteiger partial charge in [0.2, 0.25) is 0 Å². The summed E-state index contributed by atoms with van der Waals surface area (Å²) in [6, 6.07) is 0. The fourth-order valence-electron chi connectivity index (χ4n) is 1.10. The van der Waals surface area contributed by atoms with E-state index in [0.29, 0.717) is 5.69 Å². The smallest absolute Gasteiger partial charge is 0.179 e. The third-order valence-corrected chi connectivity index (χ3v) is 2.39. The summed E-state index contributed by atoms with van der Waals surface area (Å²) in [5.74, 6) is -0.103. The van der Waals surface area contributed by atoms with Crippen LogP contribution in [0.25, 0.3) is 0 Å². The fourth-order valence-corrected chi connectivity index (χ4v) is 1.10. The van der Waals surface area contributed by atoms with Crippen molar-refractivity contribution in [1.82, 2.24) is 4.98 Å². The Morgan fingerprint density at radius 3 is 2.33 bits per heavy atom. The summed E-state index contributed by atoms with van der Waals surface area (Å²) in [4.78, 5) is 2.86. The minimum absolute atomic E-state index is 0.0261. The Labute approximate surface area is 72.1 Å². The van der Waals surface area contributed by atoms with E-state index in [1.54, 1.807) is 0 Å². The monoisotopic (exact) mass is 169 g/mol. The number of nitrogens with one attached hydrogen (secondary N) is 1. The molecule has 0 unspecified atom stereocenters. The van der Waals surface area contributed by atoms with Crippen LogP contribution < -0.4 is 0 Å². The van der Waals surface area contributed by atoms with Crippen molar-refractivity contribution in [2.24, 2.45) is 0 Å². The number of aromatic hydroxyl groups is 2. The molecule has 1 aromatic rings. The maximum atomic E-state index is 9.42. The molecule has 68 valence electrons. The van der Waals surface area contributed by atoms with Gasteiger partial charge in [0.05, 0.1) is 5.69 Å². The molecule has 3 heteroatoms. The Morgan fingerprint density at radius 1 is 1.42 bits per heavy atom. The lowest BCUT2D eigenvalue weighted by atomic mass is 9.86. The molecule has 0 saturated carbocycles. The summed E-state index contributed by atoms with van der Waals surface area (Å²) < 4.78 is 0. The minimum Gasteiger partial charge on any atom is -0.503 e. The normalized spacial score (nSPS) is 11.9. The zero-order chi connectivity index (χ0) is 9.35. The fraction of sp³-hybridized carbons (Fsp3) is 0.556. The SMILES string of the molecule is CCC(C)(C)c1[nH]cc(O)c1O. The molecule has 3 nitrogen and oxygen atoms in total. The standard InChI is InChI=1S/C9H15NO2/c1-4-9(2,3)8-7(12)6(11)5-10-8/h5,10-12H,4H2,1-3H3. The number of aromatic amines is 1. The molecule has 0 aliphatic heterocycles. The van der Waals surface area contributed by atoms with E-state index < -0.39 is 0 Å². The second kappa shape index (κ2) is 2.73. The quantitative estimate of drug-likeness (QED) is 0.635. The summed E-state index contributed by atoms with van der Waals surface area (Å²) >= 11 is 0. The van der Waals surface area contributed by atoms with E-state index in [1.807, 2.05) is 20.8 Å². The summed E-state index contributed by atoms with van der Waals surface area (Å²) in [5.41, 5.74) is 0.577. The lowest BCUT2D eigenvalue weighted by Gasteiger charge is -2.21. The highest BCUT2D eigenvalue weighted by Gasteiger charge is 2.24. The second-order valence-electron chi connectivity index (χ2n) is 3.63. The summed E-state index contributed by atoms with van der Waals surface area (Å²) in [5, 5.41) is 18.5. The predicted molar refractivity (Wildman–Crippen MR) is 47.4 cm³/mol. The second-order valence-corrected chi connectivity index (χ2v) is 3.63. The van der Waals surface area contributed by atoms with Gasteiger partial charge >= 0.3 is 0 Å². The van der Waals surface area contributed by atoms with Crippen LogP contribution in [0.5, 0.6) is 11.5 Å². The van der Waals surface area contributed by atoms with Crippen LogP contribution in [-0.2, 0) is 5.41 Å². The van der Waals surface area contributed by atoms with E-state index in [4.69, 9.17) is 5.11 Å². The topological polar surface area (TPSA) is 56.2 Å². The first-order chi connectivity index (χ1) is 5.49. The van der Waals surface area contributed by atoms with Crippen LogP contribution in [0.2, 0.25) is 0 Å². The average molecular weight is 169 g/mol. The summed E-state index contributed by atoms with van der Waals surface area (Å²) in [6.07, 6.45) is 2.31. The minimum atomic E-state index is -0.120. The zero-order valence-electron chi connectivity index (χ0n) is 7.68. The number of hydrogen-bond acceptors (Lipinski definition) is 2. The van der Waals surface area contributed by atoms with Gasteiger partial charge in [-0.2, -0.15) is 0 Å². The summed E-state index contributed by atoms with van der Waals surface area (Å²) in [6.45, 7) is 6.06. The van der Waals surface area contributed by atoms with Crippen molar-refractivity contribution in [3.63, 3.8) is 0 Å². The van der Waals surface area contributed by atoms with E-state index in [-0.39, 0.29) is 16.9 Å². The highest BCUT2D eigenvalue weighted by molar-refractivity contribution is 5.44. The Balaban J connectivity index is 3.11. The highest BCUT2D eigenvalue weighted by atomic mass is 16.3. The predicted octanol–water partition coefficient (Wildman–Crippen LogP) is 2.11. The molecular formula is C9H15NO2. The molecule has 0 aliphatic carbocycles. The van der Waals surface area contributed by atoms with Crippen LogP contribution in [0.15, 0.2) is 6.20 Å². The van der Waals surface area contributed by atoms with Crippen molar-refractivity contribution >= 4 is 0 Å². The van der Waals surface area contributed by atoms with Crippen LogP contribution in [0.1, 0.15) is 32.9 Å². The van der Waals surface area contributed by atoms with Gasteiger partial charge in [0, 0.05) is 11.6 Å². The number of rotatable bonds is 2. The first kappa shape index (κ1) is 8.97. The largest absolute Gasteiger partial charge is 0.503 e. The number of H-pyrrole nitrogens is 1. The van der Waals surface area contributed by atoms with Crippen LogP contribution in [0.4, 0.5) is 0 Å². The molecule has 0 spiro atoms. The first-order valence-electron chi connectivity index (χ1n) is 4.09. The van der Waals surface area contributed by atoms with Crippen molar-refractivity contribution < 1.29 is 10.2 Å². The lowest BCUT2D eigenvalue weighted by Crippen LogP contribution is -2.15. The third kappa shape index (κ3) is 1.26. The molecule has 0 saturated heterocycles. The van der Waals surface area contributed by atoms with Crippen LogP contribution in [0, 0.1) is 0 Å². The maximum Gasteiger partial charge on any atom is 0.179 e. The first-order valence-corrected chi connectivity index (χ1v) is 4.09. The van der Waals surface area contributed by atoms with Gasteiger partial charge in [-0.05, 0) is 6.42 Å². The molecule has 1 rings (SSSR count). The molecule has 1 aromatic heterocycles. The molecule has 0 aromatic carbocycles. The van der Waals surface area contributed by atoms with Crippen molar-refractivity contribution in [3.8, 4) is 11.5 Å². The Hall–Kier alpha value is -1.12. The van der Waals surface area contributed by atoms with Gasteiger partial charge in [0.15, 0.2) is 11.5 Å². The molecule has 0 aliphatic rings. The van der Waals surface area contributed by atoms with Crippen molar-refractivity contribution in [2.45, 2.75) is 32.6 Å². The Morgan fingerprint density at radius 2 is 2.00 bits per heavy atom. The molecular weight excluding hydrogens is 154 g/mol. The molecule has 0 bridgehead atoms. The molecule has 0 radical (unpaired) electrons. The Bertz CT molecular complexity index is 276. The van der Waals surface area contributed by atoms with E-state index in [0.717, 1.165) is 6.42 Å². The molecule has 0 atom stereocenters. The van der Waals surface area contributed by atoms with E-state index >= 15 is 0 Å². The van der Waals surface area contributed by atoms with Crippen molar-refractivity contribution in [1.29, 1.82) is 0 Å². The number of aromatic nitrogens is 1. The van der Waals surface area contributed by atoms with Gasteiger partial charge in [0.25, 0.3) is 0 Å². The van der Waals surface area contributed by atoms with Crippen LogP contribution in [-0.4, -0.2) is 15.2 Å². The highest BCUT2D eigenvalue weighted by Crippen LogP contribution is 2.37. The average Bonchev–Trinajstić information content (AvgIpc) is 2.33. The molecule has 0 amide bonds. The van der Waals surface area contributed by atoms with Gasteiger partial charge in [0.1, 0.15) is 0 Å². The zero-order valence-corrected chi connectivity index (χ0v) is 7.68. The van der Waals surface area contributed by atoms with Crippen molar-refractivity contribution in [3.05, 3.63) is 11.9 Å².